The Labute approximate surface area is 151 Å². The lowest BCUT2D eigenvalue weighted by atomic mass is 10.1. The van der Waals surface area contributed by atoms with Gasteiger partial charge in [-0.15, -0.1) is 0 Å². The highest BCUT2D eigenvalue weighted by molar-refractivity contribution is 6.31. The van der Waals surface area contributed by atoms with Crippen molar-refractivity contribution in [3.05, 3.63) is 57.6 Å². The molecule has 0 saturated carbocycles. The van der Waals surface area contributed by atoms with Gasteiger partial charge in [0, 0.05) is 21.2 Å². The summed E-state index contributed by atoms with van der Waals surface area (Å²) in [5.41, 5.74) is 2.28. The average molecular weight is 365 g/mol. The fourth-order valence-electron chi connectivity index (χ4n) is 2.23. The average Bonchev–Trinajstić information content (AvgIpc) is 2.57. The van der Waals surface area contributed by atoms with E-state index in [4.69, 9.17) is 23.2 Å². The lowest BCUT2D eigenvalue weighted by molar-refractivity contribution is 0.473. The topological polar surface area (TPSA) is 65.2 Å². The summed E-state index contributed by atoms with van der Waals surface area (Å²) in [6.07, 6.45) is 1.13. The van der Waals surface area contributed by atoms with Crippen LogP contribution in [0.3, 0.4) is 0 Å². The van der Waals surface area contributed by atoms with Gasteiger partial charge >= 0.3 is 0 Å². The van der Waals surface area contributed by atoms with E-state index in [9.17, 15) is 10.2 Å². The van der Waals surface area contributed by atoms with Crippen molar-refractivity contribution < 1.29 is 10.2 Å². The second kappa shape index (κ2) is 8.18. The molecule has 0 aliphatic carbocycles. The van der Waals surface area contributed by atoms with Crippen molar-refractivity contribution in [3.8, 4) is 11.5 Å². The van der Waals surface area contributed by atoms with Gasteiger partial charge in [-0.1, -0.05) is 37.0 Å². The van der Waals surface area contributed by atoms with Gasteiger partial charge in [0.2, 0.25) is 0 Å². The van der Waals surface area contributed by atoms with E-state index in [1.807, 2.05) is 13.8 Å². The van der Waals surface area contributed by atoms with Crippen LogP contribution in [-0.2, 0) is 0 Å². The maximum absolute atomic E-state index is 10.0. The fraction of sp³-hybridized carbons (Fsp3) is 0.222. The third kappa shape index (κ3) is 4.28. The van der Waals surface area contributed by atoms with Gasteiger partial charge < -0.3 is 10.2 Å². The van der Waals surface area contributed by atoms with Crippen LogP contribution >= 0.6 is 23.2 Å². The van der Waals surface area contributed by atoms with Crippen LogP contribution in [0.4, 0.5) is 0 Å². The third-order valence-corrected chi connectivity index (χ3v) is 3.97. The molecule has 2 aromatic carbocycles. The van der Waals surface area contributed by atoms with Crippen LogP contribution in [-0.4, -0.2) is 21.6 Å². The molecule has 0 heterocycles. The van der Waals surface area contributed by atoms with E-state index in [-0.39, 0.29) is 11.5 Å². The maximum Gasteiger partial charge on any atom is 0.124 e. The molecule has 0 spiro atoms. The standard InChI is InChI=1S/C18H18Cl2N2O2/c1-3-15(13-9-11(19)5-7-17(13)23)21-22-16(4-2)14-10-12(20)6-8-18(14)24/h5-10,23-24H,3-4H2,1-2H3/b21-15+,22-16+. The summed E-state index contributed by atoms with van der Waals surface area (Å²) in [4.78, 5) is 0. The monoisotopic (exact) mass is 364 g/mol. The van der Waals surface area contributed by atoms with Crippen LogP contribution < -0.4 is 0 Å². The molecule has 0 bridgehead atoms. The molecule has 0 saturated heterocycles. The predicted molar refractivity (Wildman–Crippen MR) is 99.9 cm³/mol. The van der Waals surface area contributed by atoms with Crippen LogP contribution in [0.25, 0.3) is 0 Å². The minimum atomic E-state index is 0.0962. The number of hydrogen-bond acceptors (Lipinski definition) is 4. The molecule has 0 atom stereocenters. The van der Waals surface area contributed by atoms with Gasteiger partial charge in [-0.2, -0.15) is 10.2 Å². The van der Waals surface area contributed by atoms with Crippen molar-refractivity contribution >= 4 is 34.6 Å². The van der Waals surface area contributed by atoms with Crippen molar-refractivity contribution in [2.24, 2.45) is 10.2 Å². The molecule has 0 aliphatic rings. The molecule has 2 N–H and O–H groups in total. The highest BCUT2D eigenvalue weighted by Crippen LogP contribution is 2.25. The summed E-state index contributed by atoms with van der Waals surface area (Å²) in [6, 6.07) is 9.57. The summed E-state index contributed by atoms with van der Waals surface area (Å²) >= 11 is 12.0. The number of hydrogen-bond donors (Lipinski definition) is 2. The molecule has 2 aromatic rings. The number of benzene rings is 2. The Kier molecular flexibility index (Phi) is 6.23. The fourth-order valence-corrected chi connectivity index (χ4v) is 2.57. The lowest BCUT2D eigenvalue weighted by Gasteiger charge is -2.08. The first kappa shape index (κ1) is 18.3. The molecule has 4 nitrogen and oxygen atoms in total. The minimum absolute atomic E-state index is 0.0962. The Hall–Kier alpha value is -2.04. The van der Waals surface area contributed by atoms with Crippen molar-refractivity contribution in [2.45, 2.75) is 26.7 Å². The van der Waals surface area contributed by atoms with Crippen LogP contribution in [0.5, 0.6) is 11.5 Å². The molecule has 0 fully saturated rings. The lowest BCUT2D eigenvalue weighted by Crippen LogP contribution is -2.02. The van der Waals surface area contributed by atoms with Gasteiger partial charge in [0.1, 0.15) is 11.5 Å². The normalized spacial score (nSPS) is 12.5. The van der Waals surface area contributed by atoms with E-state index >= 15 is 0 Å². The predicted octanol–water partition coefficient (Wildman–Crippen LogP) is 5.42. The van der Waals surface area contributed by atoms with Gasteiger partial charge in [0.05, 0.1) is 11.4 Å². The van der Waals surface area contributed by atoms with Crippen LogP contribution in [0.15, 0.2) is 46.6 Å². The third-order valence-electron chi connectivity index (χ3n) is 3.50. The molecule has 0 amide bonds. The number of nitrogens with zero attached hydrogens (tertiary/aromatic N) is 2. The second-order valence-electron chi connectivity index (χ2n) is 5.12. The first-order chi connectivity index (χ1) is 11.5. The zero-order valence-corrected chi connectivity index (χ0v) is 14.9. The van der Waals surface area contributed by atoms with Gasteiger partial charge in [0.25, 0.3) is 0 Å². The molecular formula is C18H18Cl2N2O2. The van der Waals surface area contributed by atoms with Crippen molar-refractivity contribution in [2.75, 3.05) is 0 Å². The van der Waals surface area contributed by atoms with Crippen molar-refractivity contribution in [3.63, 3.8) is 0 Å². The van der Waals surface area contributed by atoms with Gasteiger partial charge in [-0.3, -0.25) is 0 Å². The van der Waals surface area contributed by atoms with Crippen LogP contribution in [0, 0.1) is 0 Å². The zero-order chi connectivity index (χ0) is 17.7. The molecule has 0 unspecified atom stereocenters. The molecule has 126 valence electrons. The Bertz CT molecular complexity index is 734. The summed E-state index contributed by atoms with van der Waals surface area (Å²) in [6.45, 7) is 3.83. The molecule has 0 aliphatic heterocycles. The van der Waals surface area contributed by atoms with E-state index < -0.39 is 0 Å². The van der Waals surface area contributed by atoms with Gasteiger partial charge in [-0.25, -0.2) is 0 Å². The first-order valence-corrected chi connectivity index (χ1v) is 8.33. The Morgan fingerprint density at radius 2 is 1.17 bits per heavy atom. The number of phenols is 2. The molecule has 0 aromatic heterocycles. The largest absolute Gasteiger partial charge is 0.507 e. The summed E-state index contributed by atoms with van der Waals surface area (Å²) in [7, 11) is 0. The van der Waals surface area contributed by atoms with Crippen LogP contribution in [0.1, 0.15) is 37.8 Å². The summed E-state index contributed by atoms with van der Waals surface area (Å²) in [5.74, 6) is 0.192. The summed E-state index contributed by atoms with van der Waals surface area (Å²) < 4.78 is 0. The highest BCUT2D eigenvalue weighted by Gasteiger charge is 2.11. The highest BCUT2D eigenvalue weighted by atomic mass is 35.5. The molecular weight excluding hydrogens is 347 g/mol. The summed E-state index contributed by atoms with van der Waals surface area (Å²) in [5, 5.41) is 29.6. The van der Waals surface area contributed by atoms with Crippen molar-refractivity contribution in [1.29, 1.82) is 0 Å². The Balaban J connectivity index is 2.47. The van der Waals surface area contributed by atoms with E-state index in [2.05, 4.69) is 10.2 Å². The Morgan fingerprint density at radius 1 is 0.792 bits per heavy atom. The van der Waals surface area contributed by atoms with Crippen molar-refractivity contribution in [1.82, 2.24) is 0 Å². The van der Waals surface area contributed by atoms with E-state index in [1.54, 1.807) is 24.3 Å². The Morgan fingerprint density at radius 3 is 1.50 bits per heavy atom. The van der Waals surface area contributed by atoms with Gasteiger partial charge in [0.15, 0.2) is 0 Å². The number of halogens is 2. The first-order valence-electron chi connectivity index (χ1n) is 7.57. The quantitative estimate of drug-likeness (QED) is 0.549. The van der Waals surface area contributed by atoms with E-state index in [1.165, 1.54) is 12.1 Å². The van der Waals surface area contributed by atoms with E-state index in [0.29, 0.717) is 45.4 Å². The van der Waals surface area contributed by atoms with E-state index in [0.717, 1.165) is 0 Å². The number of aromatic hydroxyl groups is 2. The molecule has 2 rings (SSSR count). The maximum atomic E-state index is 10.0. The SMILES string of the molecule is CC/C(=N\N=C(/CC)c1cc(Cl)ccc1O)c1cc(Cl)ccc1O. The van der Waals surface area contributed by atoms with Crippen LogP contribution in [0.2, 0.25) is 10.0 Å². The molecule has 0 radical (unpaired) electrons. The number of rotatable bonds is 5. The molecule has 6 heteroatoms. The second-order valence-corrected chi connectivity index (χ2v) is 6.00. The molecule has 24 heavy (non-hydrogen) atoms. The zero-order valence-electron chi connectivity index (χ0n) is 13.4. The van der Waals surface area contributed by atoms with Gasteiger partial charge in [-0.05, 0) is 49.2 Å². The number of phenolic OH excluding ortho intramolecular Hbond substituents is 2. The minimum Gasteiger partial charge on any atom is -0.507 e. The smallest absolute Gasteiger partial charge is 0.124 e.